The SMILES string of the molecule is CCCCCCCC/C=C/COS(C)(=O)=O. The molecular formula is C12H24O3S. The fourth-order valence-electron chi connectivity index (χ4n) is 1.39. The van der Waals surface area contributed by atoms with Gasteiger partial charge >= 0.3 is 0 Å². The standard InChI is InChI=1S/C12H24O3S/c1-3-4-5-6-7-8-9-10-11-12-15-16(2,13)14/h10-11H,3-9,12H2,1-2H3/b11-10+. The highest BCUT2D eigenvalue weighted by atomic mass is 32.2. The zero-order valence-electron chi connectivity index (χ0n) is 10.4. The van der Waals surface area contributed by atoms with Gasteiger partial charge in [0.05, 0.1) is 12.9 Å². The van der Waals surface area contributed by atoms with Crippen molar-refractivity contribution in [3.8, 4) is 0 Å². The summed E-state index contributed by atoms with van der Waals surface area (Å²) in [5, 5.41) is 0. The summed E-state index contributed by atoms with van der Waals surface area (Å²) >= 11 is 0. The van der Waals surface area contributed by atoms with E-state index < -0.39 is 10.1 Å². The summed E-state index contributed by atoms with van der Waals surface area (Å²) in [5.74, 6) is 0. The van der Waals surface area contributed by atoms with Crippen LogP contribution in [0.25, 0.3) is 0 Å². The van der Waals surface area contributed by atoms with Gasteiger partial charge in [-0.25, -0.2) is 0 Å². The topological polar surface area (TPSA) is 43.4 Å². The third kappa shape index (κ3) is 13.7. The minimum absolute atomic E-state index is 0.161. The van der Waals surface area contributed by atoms with Crippen LogP contribution in [0, 0.1) is 0 Å². The third-order valence-corrected chi connectivity index (χ3v) is 2.83. The van der Waals surface area contributed by atoms with Crippen LogP contribution in [0.4, 0.5) is 0 Å². The van der Waals surface area contributed by atoms with Gasteiger partial charge in [0.15, 0.2) is 0 Å². The highest BCUT2D eigenvalue weighted by Gasteiger charge is 1.96. The molecule has 0 aliphatic heterocycles. The first kappa shape index (κ1) is 15.7. The van der Waals surface area contributed by atoms with Crippen LogP contribution < -0.4 is 0 Å². The Morgan fingerprint density at radius 1 is 1.00 bits per heavy atom. The zero-order chi connectivity index (χ0) is 12.3. The quantitative estimate of drug-likeness (QED) is 0.338. The first-order chi connectivity index (χ1) is 7.56. The molecule has 0 aromatic carbocycles. The molecule has 0 spiro atoms. The first-order valence-electron chi connectivity index (χ1n) is 6.05. The zero-order valence-corrected chi connectivity index (χ0v) is 11.3. The molecule has 0 N–H and O–H groups in total. The Hall–Kier alpha value is -0.350. The smallest absolute Gasteiger partial charge is 0.264 e. The lowest BCUT2D eigenvalue weighted by Crippen LogP contribution is -2.01. The van der Waals surface area contributed by atoms with E-state index >= 15 is 0 Å². The van der Waals surface area contributed by atoms with Crippen LogP contribution in [-0.4, -0.2) is 21.3 Å². The summed E-state index contributed by atoms with van der Waals surface area (Å²) in [6.07, 6.45) is 13.5. The van der Waals surface area contributed by atoms with Gasteiger partial charge in [-0.05, 0) is 12.8 Å². The molecule has 0 amide bonds. The summed E-state index contributed by atoms with van der Waals surface area (Å²) in [4.78, 5) is 0. The lowest BCUT2D eigenvalue weighted by atomic mass is 10.1. The van der Waals surface area contributed by atoms with Crippen molar-refractivity contribution in [2.24, 2.45) is 0 Å². The van der Waals surface area contributed by atoms with Crippen molar-refractivity contribution in [1.29, 1.82) is 0 Å². The van der Waals surface area contributed by atoms with Gasteiger partial charge in [-0.15, -0.1) is 0 Å². The highest BCUT2D eigenvalue weighted by molar-refractivity contribution is 7.85. The average molecular weight is 248 g/mol. The van der Waals surface area contributed by atoms with Gasteiger partial charge in [-0.2, -0.15) is 8.42 Å². The average Bonchev–Trinajstić information content (AvgIpc) is 2.19. The van der Waals surface area contributed by atoms with Crippen LogP contribution in [-0.2, 0) is 14.3 Å². The Morgan fingerprint density at radius 3 is 2.25 bits per heavy atom. The first-order valence-corrected chi connectivity index (χ1v) is 7.87. The van der Waals surface area contributed by atoms with Crippen LogP contribution in [0.3, 0.4) is 0 Å². The summed E-state index contributed by atoms with van der Waals surface area (Å²) in [6, 6.07) is 0. The summed E-state index contributed by atoms with van der Waals surface area (Å²) in [6.45, 7) is 2.37. The second-order valence-corrected chi connectivity index (χ2v) is 5.66. The van der Waals surface area contributed by atoms with Crippen molar-refractivity contribution in [2.45, 2.75) is 51.9 Å². The predicted molar refractivity (Wildman–Crippen MR) is 67.9 cm³/mol. The maximum atomic E-state index is 10.6. The highest BCUT2D eigenvalue weighted by Crippen LogP contribution is 2.07. The fraction of sp³-hybridized carbons (Fsp3) is 0.833. The molecule has 0 saturated heterocycles. The number of hydrogen-bond donors (Lipinski definition) is 0. The molecule has 0 bridgehead atoms. The summed E-state index contributed by atoms with van der Waals surface area (Å²) < 4.78 is 25.8. The third-order valence-electron chi connectivity index (χ3n) is 2.27. The second-order valence-electron chi connectivity index (χ2n) is 4.02. The van der Waals surface area contributed by atoms with Gasteiger partial charge in [-0.3, -0.25) is 4.18 Å². The Balaban J connectivity index is 3.22. The molecule has 0 radical (unpaired) electrons. The molecule has 16 heavy (non-hydrogen) atoms. The molecule has 0 rings (SSSR count). The van der Waals surface area contributed by atoms with Crippen LogP contribution >= 0.6 is 0 Å². The van der Waals surface area contributed by atoms with Crippen molar-refractivity contribution in [3.63, 3.8) is 0 Å². The molecule has 0 heterocycles. The van der Waals surface area contributed by atoms with Gasteiger partial charge in [-0.1, -0.05) is 51.2 Å². The van der Waals surface area contributed by atoms with E-state index in [1.54, 1.807) is 6.08 Å². The minimum Gasteiger partial charge on any atom is -0.266 e. The molecule has 0 atom stereocenters. The van der Waals surface area contributed by atoms with E-state index in [0.29, 0.717) is 0 Å². The van der Waals surface area contributed by atoms with Crippen LogP contribution in [0.5, 0.6) is 0 Å². The second kappa shape index (κ2) is 9.85. The van der Waals surface area contributed by atoms with Crippen LogP contribution in [0.1, 0.15) is 51.9 Å². The van der Waals surface area contributed by atoms with E-state index in [0.717, 1.165) is 12.7 Å². The molecule has 0 aliphatic carbocycles. The van der Waals surface area contributed by atoms with Gasteiger partial charge in [0, 0.05) is 0 Å². The van der Waals surface area contributed by atoms with Crippen molar-refractivity contribution < 1.29 is 12.6 Å². The molecule has 0 aliphatic rings. The number of unbranched alkanes of at least 4 members (excludes halogenated alkanes) is 6. The van der Waals surface area contributed by atoms with Gasteiger partial charge in [0.1, 0.15) is 0 Å². The van der Waals surface area contributed by atoms with E-state index in [1.165, 1.54) is 38.5 Å². The lowest BCUT2D eigenvalue weighted by molar-refractivity contribution is 0.361. The molecule has 0 aromatic heterocycles. The molecule has 4 heteroatoms. The Morgan fingerprint density at radius 2 is 1.62 bits per heavy atom. The van der Waals surface area contributed by atoms with E-state index in [4.69, 9.17) is 0 Å². The molecule has 0 aromatic rings. The maximum absolute atomic E-state index is 10.6. The minimum atomic E-state index is -3.28. The maximum Gasteiger partial charge on any atom is 0.264 e. The van der Waals surface area contributed by atoms with E-state index in [2.05, 4.69) is 11.1 Å². The van der Waals surface area contributed by atoms with E-state index in [1.807, 2.05) is 6.08 Å². The molecule has 3 nitrogen and oxygen atoms in total. The fourth-order valence-corrected chi connectivity index (χ4v) is 1.72. The number of hydrogen-bond acceptors (Lipinski definition) is 3. The van der Waals surface area contributed by atoms with Crippen LogP contribution in [0.2, 0.25) is 0 Å². The van der Waals surface area contributed by atoms with Gasteiger partial charge < -0.3 is 0 Å². The molecule has 96 valence electrons. The van der Waals surface area contributed by atoms with Crippen molar-refractivity contribution >= 4 is 10.1 Å². The van der Waals surface area contributed by atoms with Crippen LogP contribution in [0.15, 0.2) is 12.2 Å². The largest absolute Gasteiger partial charge is 0.266 e. The Kier molecular flexibility index (Phi) is 9.63. The normalized spacial score (nSPS) is 12.4. The predicted octanol–water partition coefficient (Wildman–Crippen LogP) is 3.27. The summed E-state index contributed by atoms with van der Waals surface area (Å²) in [7, 11) is -3.28. The van der Waals surface area contributed by atoms with Crippen molar-refractivity contribution in [3.05, 3.63) is 12.2 Å². The molecular weight excluding hydrogens is 224 g/mol. The monoisotopic (exact) mass is 248 g/mol. The van der Waals surface area contributed by atoms with Crippen molar-refractivity contribution in [2.75, 3.05) is 12.9 Å². The van der Waals surface area contributed by atoms with Crippen molar-refractivity contribution in [1.82, 2.24) is 0 Å². The summed E-state index contributed by atoms with van der Waals surface area (Å²) in [5.41, 5.74) is 0. The number of allylic oxidation sites excluding steroid dienone is 1. The molecule has 0 saturated carbocycles. The number of rotatable bonds is 10. The Labute approximate surface area is 100 Å². The molecule has 0 unspecified atom stereocenters. The van der Waals surface area contributed by atoms with E-state index in [-0.39, 0.29) is 6.61 Å². The Bertz CT molecular complexity index is 268. The molecule has 0 fully saturated rings. The lowest BCUT2D eigenvalue weighted by Gasteiger charge is -1.98. The van der Waals surface area contributed by atoms with Gasteiger partial charge in [0.25, 0.3) is 10.1 Å². The van der Waals surface area contributed by atoms with E-state index in [9.17, 15) is 8.42 Å². The van der Waals surface area contributed by atoms with Gasteiger partial charge in [0.2, 0.25) is 0 Å².